The van der Waals surface area contributed by atoms with Gasteiger partial charge >= 0.3 is 0 Å². The maximum Gasteiger partial charge on any atom is 0.147 e. The zero-order valence-corrected chi connectivity index (χ0v) is 15.5. The number of rotatable bonds is 5. The topological polar surface area (TPSA) is 63.2 Å². The van der Waals surface area contributed by atoms with E-state index in [1.54, 1.807) is 0 Å². The molecule has 1 aromatic heterocycles. The van der Waals surface area contributed by atoms with Crippen molar-refractivity contribution < 1.29 is 8.42 Å². The van der Waals surface area contributed by atoms with Crippen LogP contribution >= 0.6 is 0 Å². The number of hydrogen-bond donors (Lipinski definition) is 0. The molecule has 0 N–H and O–H groups in total. The van der Waals surface area contributed by atoms with E-state index in [0.717, 1.165) is 43.9 Å². The van der Waals surface area contributed by atoms with Gasteiger partial charge in [-0.3, -0.25) is 4.90 Å². The summed E-state index contributed by atoms with van der Waals surface area (Å²) >= 11 is 0. The van der Waals surface area contributed by atoms with Crippen LogP contribution in [0.4, 0.5) is 0 Å². The molecule has 2 aliphatic rings. The van der Waals surface area contributed by atoms with Crippen LogP contribution in [0.1, 0.15) is 62.3 Å². The van der Waals surface area contributed by atoms with E-state index < -0.39 is 9.84 Å². The average molecular weight is 352 g/mol. The minimum atomic E-state index is -2.89. The second kappa shape index (κ2) is 7.91. The Labute approximate surface area is 145 Å². The first-order valence-corrected chi connectivity index (χ1v) is 11.3. The van der Waals surface area contributed by atoms with Crippen LogP contribution in [0.25, 0.3) is 0 Å². The third kappa shape index (κ3) is 5.24. The van der Waals surface area contributed by atoms with Gasteiger partial charge in [-0.15, -0.1) is 0 Å². The lowest BCUT2D eigenvalue weighted by molar-refractivity contribution is 0.177. The van der Waals surface area contributed by atoms with Crippen LogP contribution in [0.3, 0.4) is 0 Å². The summed E-state index contributed by atoms with van der Waals surface area (Å²) in [6, 6.07) is 0. The molecule has 0 bridgehead atoms. The van der Waals surface area contributed by atoms with Crippen molar-refractivity contribution in [2.75, 3.05) is 25.1 Å². The summed E-state index contributed by atoms with van der Waals surface area (Å²) in [5.41, 5.74) is 1.13. The molecule has 1 aliphatic heterocycles. The van der Waals surface area contributed by atoms with Gasteiger partial charge < -0.3 is 0 Å². The summed E-state index contributed by atoms with van der Waals surface area (Å²) in [5, 5.41) is 0. The molecule has 1 saturated carbocycles. The number of likely N-dealkylation sites (tertiary alicyclic amines) is 1. The Kier molecular flexibility index (Phi) is 5.87. The highest BCUT2D eigenvalue weighted by Crippen LogP contribution is 2.30. The van der Waals surface area contributed by atoms with Gasteiger partial charge in [-0.05, 0) is 38.1 Å². The normalized spacial score (nSPS) is 24.1. The minimum Gasteiger partial charge on any atom is -0.299 e. The first-order valence-electron chi connectivity index (χ1n) is 9.20. The van der Waals surface area contributed by atoms with Crippen molar-refractivity contribution in [3.63, 3.8) is 0 Å². The monoisotopic (exact) mass is 351 g/mol. The van der Waals surface area contributed by atoms with E-state index in [-0.39, 0.29) is 5.92 Å². The Hall–Kier alpha value is -1.01. The zero-order chi connectivity index (χ0) is 17.0. The minimum absolute atomic E-state index is 0.260. The van der Waals surface area contributed by atoms with Gasteiger partial charge in [-0.1, -0.05) is 19.3 Å². The van der Waals surface area contributed by atoms with Gasteiger partial charge in [0.1, 0.15) is 15.7 Å². The van der Waals surface area contributed by atoms with Crippen LogP contribution in [0.2, 0.25) is 0 Å². The number of nitrogens with zero attached hydrogens (tertiary/aromatic N) is 3. The Morgan fingerprint density at radius 1 is 1.08 bits per heavy atom. The van der Waals surface area contributed by atoms with E-state index in [1.165, 1.54) is 38.4 Å². The summed E-state index contributed by atoms with van der Waals surface area (Å²) in [7, 11) is -2.89. The molecular weight excluding hydrogens is 322 g/mol. The Balaban J connectivity index is 1.55. The summed E-state index contributed by atoms with van der Waals surface area (Å²) in [5.74, 6) is 2.12. The molecule has 6 heteroatoms. The second-order valence-corrected chi connectivity index (χ2v) is 9.81. The van der Waals surface area contributed by atoms with Crippen molar-refractivity contribution >= 4 is 9.84 Å². The number of sulfone groups is 1. The van der Waals surface area contributed by atoms with Crippen molar-refractivity contribution in [1.29, 1.82) is 0 Å². The quantitative estimate of drug-likeness (QED) is 0.816. The van der Waals surface area contributed by atoms with Gasteiger partial charge in [0.25, 0.3) is 0 Å². The largest absolute Gasteiger partial charge is 0.299 e. The van der Waals surface area contributed by atoms with Crippen molar-refractivity contribution in [3.8, 4) is 0 Å². The molecule has 1 aromatic rings. The molecule has 134 valence electrons. The molecule has 1 atom stereocenters. The smallest absolute Gasteiger partial charge is 0.147 e. The molecule has 0 radical (unpaired) electrons. The molecule has 0 aromatic carbocycles. The van der Waals surface area contributed by atoms with Gasteiger partial charge in [0.2, 0.25) is 0 Å². The average Bonchev–Trinajstić information content (AvgIpc) is 2.55. The van der Waals surface area contributed by atoms with Crippen LogP contribution in [-0.2, 0) is 16.4 Å². The highest BCUT2D eigenvalue weighted by Gasteiger charge is 2.23. The van der Waals surface area contributed by atoms with E-state index in [0.29, 0.717) is 11.7 Å². The lowest BCUT2D eigenvalue weighted by Crippen LogP contribution is -2.37. The Morgan fingerprint density at radius 3 is 2.46 bits per heavy atom. The fraction of sp³-hybridized carbons (Fsp3) is 0.778. The van der Waals surface area contributed by atoms with Crippen LogP contribution in [0.5, 0.6) is 0 Å². The molecule has 2 heterocycles. The first-order chi connectivity index (χ1) is 11.5. The third-order valence-corrected chi connectivity index (χ3v) is 6.32. The summed E-state index contributed by atoms with van der Waals surface area (Å²) in [6.45, 7) is 2.72. The number of aromatic nitrogens is 2. The predicted molar refractivity (Wildman–Crippen MR) is 95.6 cm³/mol. The van der Waals surface area contributed by atoms with Gasteiger partial charge in [-0.2, -0.15) is 0 Å². The van der Waals surface area contributed by atoms with Gasteiger partial charge in [0.15, 0.2) is 0 Å². The standard InChI is InChI=1S/C18H29N3O2S/c1-24(22,23)14-15-6-5-9-21(12-15)13-16-10-19-18(20-11-16)17-7-3-2-4-8-17/h10-11,15,17H,2-9,12-14H2,1H3/t15-/m1/s1. The lowest BCUT2D eigenvalue weighted by atomic mass is 9.89. The SMILES string of the molecule is CS(=O)(=O)C[C@@H]1CCCN(Cc2cnc(C3CCCCC3)nc2)C1. The third-order valence-electron chi connectivity index (χ3n) is 5.24. The Morgan fingerprint density at radius 2 is 1.79 bits per heavy atom. The molecule has 0 spiro atoms. The number of piperidine rings is 1. The fourth-order valence-electron chi connectivity index (χ4n) is 4.14. The van der Waals surface area contributed by atoms with Crippen LogP contribution < -0.4 is 0 Å². The molecule has 0 amide bonds. The summed E-state index contributed by atoms with van der Waals surface area (Å²) in [4.78, 5) is 11.6. The zero-order valence-electron chi connectivity index (χ0n) is 14.7. The Bertz CT molecular complexity index is 624. The van der Waals surface area contributed by atoms with Gasteiger partial charge in [0, 0.05) is 43.2 Å². The van der Waals surface area contributed by atoms with Crippen molar-refractivity contribution in [2.45, 2.75) is 57.4 Å². The molecule has 2 fully saturated rings. The molecule has 5 nitrogen and oxygen atoms in total. The summed E-state index contributed by atoms with van der Waals surface area (Å²) in [6.07, 6.45) is 13.7. The molecule has 24 heavy (non-hydrogen) atoms. The van der Waals surface area contributed by atoms with E-state index >= 15 is 0 Å². The van der Waals surface area contributed by atoms with Gasteiger partial charge in [-0.25, -0.2) is 18.4 Å². The first kappa shape index (κ1) is 17.8. The van der Waals surface area contributed by atoms with E-state index in [4.69, 9.17) is 0 Å². The van der Waals surface area contributed by atoms with E-state index in [9.17, 15) is 8.42 Å². The maximum atomic E-state index is 11.5. The summed E-state index contributed by atoms with van der Waals surface area (Å²) < 4.78 is 23.0. The van der Waals surface area contributed by atoms with Crippen LogP contribution in [-0.4, -0.2) is 48.4 Å². The molecule has 0 unspecified atom stereocenters. The highest BCUT2D eigenvalue weighted by atomic mass is 32.2. The van der Waals surface area contributed by atoms with Gasteiger partial charge in [0.05, 0.1) is 5.75 Å². The van der Waals surface area contributed by atoms with Crippen molar-refractivity contribution in [1.82, 2.24) is 14.9 Å². The number of hydrogen-bond acceptors (Lipinski definition) is 5. The highest BCUT2D eigenvalue weighted by molar-refractivity contribution is 7.90. The van der Waals surface area contributed by atoms with Crippen LogP contribution in [0.15, 0.2) is 12.4 Å². The van der Waals surface area contributed by atoms with E-state index in [1.807, 2.05) is 12.4 Å². The fourth-order valence-corrected chi connectivity index (χ4v) is 5.26. The van der Waals surface area contributed by atoms with Crippen molar-refractivity contribution in [2.24, 2.45) is 5.92 Å². The van der Waals surface area contributed by atoms with Crippen LogP contribution in [0, 0.1) is 5.92 Å². The lowest BCUT2D eigenvalue weighted by Gasteiger charge is -2.32. The predicted octanol–water partition coefficient (Wildman–Crippen LogP) is 2.78. The van der Waals surface area contributed by atoms with E-state index in [2.05, 4.69) is 14.9 Å². The molecule has 1 aliphatic carbocycles. The molecular formula is C18H29N3O2S. The molecule has 1 saturated heterocycles. The second-order valence-electron chi connectivity index (χ2n) is 7.62. The molecule has 3 rings (SSSR count). The van der Waals surface area contributed by atoms with Crippen molar-refractivity contribution in [3.05, 3.63) is 23.8 Å². The maximum absolute atomic E-state index is 11.5.